The van der Waals surface area contributed by atoms with E-state index in [1.54, 1.807) is 56.3 Å². The molecule has 0 bridgehead atoms. The highest BCUT2D eigenvalue weighted by atomic mass is 32.1. The van der Waals surface area contributed by atoms with Gasteiger partial charge in [0.1, 0.15) is 5.75 Å². The summed E-state index contributed by atoms with van der Waals surface area (Å²) >= 11 is 1.14. The molecular formula is C33H30N4O10S. The van der Waals surface area contributed by atoms with E-state index in [1.165, 1.54) is 17.7 Å². The van der Waals surface area contributed by atoms with Crippen molar-refractivity contribution in [2.45, 2.75) is 39.8 Å². The number of fused-ring (bicyclic) bond motifs is 1. The highest BCUT2D eigenvalue weighted by molar-refractivity contribution is 7.07. The molecule has 1 aliphatic heterocycles. The second-order valence-corrected chi connectivity index (χ2v) is 11.7. The summed E-state index contributed by atoms with van der Waals surface area (Å²) < 4.78 is 24.1. The minimum atomic E-state index is -0.807. The number of methoxy groups -OCH3 is 1. The van der Waals surface area contributed by atoms with Crippen LogP contribution in [0.1, 0.15) is 44.9 Å². The average molecular weight is 675 g/mol. The fourth-order valence-corrected chi connectivity index (χ4v) is 6.13. The van der Waals surface area contributed by atoms with Crippen molar-refractivity contribution in [1.82, 2.24) is 4.57 Å². The summed E-state index contributed by atoms with van der Waals surface area (Å²) in [6.07, 6.45) is 1.59. The highest BCUT2D eigenvalue weighted by Crippen LogP contribution is 2.38. The molecule has 1 atom stereocenters. The first kappa shape index (κ1) is 33.5. The van der Waals surface area contributed by atoms with Gasteiger partial charge in [0.25, 0.3) is 11.2 Å². The van der Waals surface area contributed by atoms with Gasteiger partial charge in [-0.25, -0.2) is 9.79 Å². The third-order valence-corrected chi connectivity index (χ3v) is 8.12. The van der Waals surface area contributed by atoms with Crippen LogP contribution in [0.3, 0.4) is 0 Å². The Balaban J connectivity index is 1.56. The number of benzene rings is 3. The third kappa shape index (κ3) is 6.80. The van der Waals surface area contributed by atoms with E-state index in [1.807, 2.05) is 13.8 Å². The lowest BCUT2D eigenvalue weighted by atomic mass is 9.96. The molecule has 0 saturated heterocycles. The number of ether oxygens (including phenoxy) is 4. The molecule has 5 rings (SSSR count). The van der Waals surface area contributed by atoms with Crippen LogP contribution in [0.5, 0.6) is 23.0 Å². The van der Waals surface area contributed by atoms with Gasteiger partial charge < -0.3 is 18.9 Å². The lowest BCUT2D eigenvalue weighted by Gasteiger charge is -2.25. The van der Waals surface area contributed by atoms with Gasteiger partial charge in [-0.3, -0.25) is 29.6 Å². The Bertz CT molecular complexity index is 2130. The van der Waals surface area contributed by atoms with E-state index >= 15 is 0 Å². The second-order valence-electron chi connectivity index (χ2n) is 10.7. The van der Waals surface area contributed by atoms with Crippen molar-refractivity contribution in [3.63, 3.8) is 0 Å². The number of nitro groups is 2. The molecule has 1 aliphatic rings. The van der Waals surface area contributed by atoms with Crippen LogP contribution in [0.4, 0.5) is 11.4 Å². The van der Waals surface area contributed by atoms with Gasteiger partial charge in [-0.05, 0) is 75.2 Å². The van der Waals surface area contributed by atoms with Gasteiger partial charge in [-0.15, -0.1) is 0 Å². The number of allylic oxidation sites excluding steroid dienone is 1. The maximum Gasteiger partial charge on any atom is 0.338 e. The molecular weight excluding hydrogens is 644 g/mol. The first-order valence-electron chi connectivity index (χ1n) is 14.7. The molecule has 1 aromatic heterocycles. The van der Waals surface area contributed by atoms with Crippen molar-refractivity contribution in [1.29, 1.82) is 0 Å². The van der Waals surface area contributed by atoms with Crippen LogP contribution in [0, 0.1) is 20.2 Å². The number of carbonyl (C=O) groups excluding carboxylic acids is 1. The number of nitro benzene ring substituents is 2. The Labute approximate surface area is 277 Å². The smallest absolute Gasteiger partial charge is 0.338 e. The number of non-ortho nitro benzene ring substituents is 1. The maximum absolute atomic E-state index is 14.0. The van der Waals surface area contributed by atoms with Crippen molar-refractivity contribution in [3.8, 4) is 23.0 Å². The normalized spacial score (nSPS) is 14.3. The van der Waals surface area contributed by atoms with E-state index in [0.29, 0.717) is 31.9 Å². The predicted octanol–water partition coefficient (Wildman–Crippen LogP) is 5.20. The number of aromatic nitrogens is 1. The Morgan fingerprint density at radius 1 is 1.02 bits per heavy atom. The van der Waals surface area contributed by atoms with Crippen molar-refractivity contribution in [2.24, 2.45) is 4.99 Å². The van der Waals surface area contributed by atoms with Crippen molar-refractivity contribution >= 4 is 34.8 Å². The summed E-state index contributed by atoms with van der Waals surface area (Å²) in [7, 11) is 1.38. The molecule has 0 amide bonds. The van der Waals surface area contributed by atoms with Gasteiger partial charge >= 0.3 is 11.7 Å². The van der Waals surface area contributed by atoms with Crippen LogP contribution in [0.25, 0.3) is 6.08 Å². The third-order valence-electron chi connectivity index (χ3n) is 7.14. The molecule has 14 nitrogen and oxygen atoms in total. The molecule has 2 heterocycles. The zero-order valence-corrected chi connectivity index (χ0v) is 27.3. The quantitative estimate of drug-likeness (QED) is 0.117. The molecule has 0 unspecified atom stereocenters. The highest BCUT2D eigenvalue weighted by Gasteiger charge is 2.33. The number of rotatable bonds is 11. The van der Waals surface area contributed by atoms with E-state index in [4.69, 9.17) is 18.9 Å². The predicted molar refractivity (Wildman–Crippen MR) is 175 cm³/mol. The summed E-state index contributed by atoms with van der Waals surface area (Å²) in [5.74, 6) is 0.138. The van der Waals surface area contributed by atoms with Gasteiger partial charge in [0.15, 0.2) is 16.3 Å². The molecule has 0 radical (unpaired) electrons. The lowest BCUT2D eigenvalue weighted by molar-refractivity contribution is -0.394. The van der Waals surface area contributed by atoms with Gasteiger partial charge in [0, 0.05) is 6.07 Å². The summed E-state index contributed by atoms with van der Waals surface area (Å²) in [5, 5.41) is 22.7. The van der Waals surface area contributed by atoms with Crippen LogP contribution in [0.2, 0.25) is 0 Å². The lowest BCUT2D eigenvalue weighted by Crippen LogP contribution is -2.39. The summed E-state index contributed by atoms with van der Waals surface area (Å²) in [6, 6.07) is 14.1. The molecule has 3 aromatic carbocycles. The van der Waals surface area contributed by atoms with Gasteiger partial charge in [0.05, 0.1) is 57.6 Å². The standard InChI is InChI=1S/C33H30N4O10S/c1-6-45-32(39)29-19(4)34-33-35(30(29)21-8-11-23(12-9-21)46-18(2)3)31(38)28(48-33)16-20-7-13-26(27(15-20)44-5)47-25-14-10-22(36(40)41)17-24(25)37(42)43/h7-18,30H,6H2,1-5H3/b28-16-/t30-/m0/s1. The minimum absolute atomic E-state index is 0.0363. The molecule has 15 heteroatoms. The Morgan fingerprint density at radius 3 is 2.35 bits per heavy atom. The zero-order chi connectivity index (χ0) is 34.7. The van der Waals surface area contributed by atoms with E-state index in [9.17, 15) is 29.8 Å². The number of hydrogen-bond donors (Lipinski definition) is 0. The van der Waals surface area contributed by atoms with Gasteiger partial charge in [0.2, 0.25) is 5.75 Å². The number of esters is 1. The van der Waals surface area contributed by atoms with E-state index < -0.39 is 33.2 Å². The van der Waals surface area contributed by atoms with Gasteiger partial charge in [-0.2, -0.15) is 0 Å². The van der Waals surface area contributed by atoms with Crippen LogP contribution >= 0.6 is 11.3 Å². The van der Waals surface area contributed by atoms with Crippen molar-refractivity contribution < 1.29 is 33.6 Å². The number of thiazole rings is 1. The zero-order valence-electron chi connectivity index (χ0n) is 26.5. The van der Waals surface area contributed by atoms with E-state index in [2.05, 4.69) is 4.99 Å². The van der Waals surface area contributed by atoms with Crippen LogP contribution in [-0.2, 0) is 9.53 Å². The number of nitrogens with zero attached hydrogens (tertiary/aromatic N) is 4. The molecule has 248 valence electrons. The van der Waals surface area contributed by atoms with Gasteiger partial charge in [-0.1, -0.05) is 29.5 Å². The molecule has 0 saturated carbocycles. The molecule has 0 N–H and O–H groups in total. The largest absolute Gasteiger partial charge is 0.493 e. The Hall–Kier alpha value is -5.83. The summed E-state index contributed by atoms with van der Waals surface area (Å²) in [6.45, 7) is 7.38. The molecule has 4 aromatic rings. The second kappa shape index (κ2) is 13.9. The first-order valence-corrected chi connectivity index (χ1v) is 15.5. The molecule has 48 heavy (non-hydrogen) atoms. The number of hydrogen-bond acceptors (Lipinski definition) is 12. The fourth-order valence-electron chi connectivity index (χ4n) is 5.08. The van der Waals surface area contributed by atoms with Crippen molar-refractivity contribution in [3.05, 3.63) is 123 Å². The molecule has 0 aliphatic carbocycles. The van der Waals surface area contributed by atoms with Crippen LogP contribution in [-0.4, -0.2) is 40.2 Å². The Morgan fingerprint density at radius 2 is 1.73 bits per heavy atom. The fraction of sp³-hybridized carbons (Fsp3) is 0.242. The SMILES string of the molecule is CCOC(=O)C1=C(C)N=c2s/c(=C\c3ccc(Oc4ccc([N+](=O)[O-])cc4[N+](=O)[O-])c(OC)c3)c(=O)n2[C@H]1c1ccc(OC(C)C)cc1. The summed E-state index contributed by atoms with van der Waals surface area (Å²) in [5.41, 5.74) is 0.443. The molecule has 0 spiro atoms. The maximum atomic E-state index is 14.0. The monoisotopic (exact) mass is 674 g/mol. The summed E-state index contributed by atoms with van der Waals surface area (Å²) in [4.78, 5) is 53.3. The van der Waals surface area contributed by atoms with Crippen LogP contribution in [0.15, 0.2) is 81.7 Å². The number of carbonyl (C=O) groups is 1. The van der Waals surface area contributed by atoms with Crippen LogP contribution < -0.4 is 29.1 Å². The van der Waals surface area contributed by atoms with Crippen molar-refractivity contribution in [2.75, 3.05) is 13.7 Å². The molecule has 0 fully saturated rings. The Kier molecular flexibility index (Phi) is 9.70. The van der Waals surface area contributed by atoms with E-state index in [-0.39, 0.29) is 41.1 Å². The first-order chi connectivity index (χ1) is 22.9. The topological polar surface area (TPSA) is 175 Å². The average Bonchev–Trinajstić information content (AvgIpc) is 3.34. The minimum Gasteiger partial charge on any atom is -0.493 e. The van der Waals surface area contributed by atoms with E-state index in [0.717, 1.165) is 29.5 Å².